The molecule has 1 aliphatic heterocycles. The van der Waals surface area contributed by atoms with Crippen molar-refractivity contribution >= 4 is 5.69 Å². The second-order valence-corrected chi connectivity index (χ2v) is 5.55. The number of halogens is 1. The number of nitrogens with zero attached hydrogens (tertiary/aromatic N) is 1. The molecule has 2 nitrogen and oxygen atoms in total. The van der Waals surface area contributed by atoms with Gasteiger partial charge in [0, 0.05) is 18.6 Å². The van der Waals surface area contributed by atoms with Crippen LogP contribution < -0.4 is 10.6 Å². The quantitative estimate of drug-likeness (QED) is 0.871. The van der Waals surface area contributed by atoms with Gasteiger partial charge in [-0.25, -0.2) is 4.39 Å². The van der Waals surface area contributed by atoms with Gasteiger partial charge in [0.15, 0.2) is 0 Å². The van der Waals surface area contributed by atoms with Crippen molar-refractivity contribution in [1.29, 1.82) is 0 Å². The smallest absolute Gasteiger partial charge is 0.146 e. The molecule has 0 radical (unpaired) electrons. The van der Waals surface area contributed by atoms with Crippen LogP contribution in [0.15, 0.2) is 18.2 Å². The fourth-order valence-corrected chi connectivity index (χ4v) is 2.71. The summed E-state index contributed by atoms with van der Waals surface area (Å²) >= 11 is 0. The van der Waals surface area contributed by atoms with E-state index in [-0.39, 0.29) is 11.9 Å². The van der Waals surface area contributed by atoms with Gasteiger partial charge in [-0.05, 0) is 50.3 Å². The van der Waals surface area contributed by atoms with Gasteiger partial charge in [0.25, 0.3) is 0 Å². The van der Waals surface area contributed by atoms with Gasteiger partial charge in [-0.2, -0.15) is 0 Å². The Labute approximate surface area is 109 Å². The Morgan fingerprint density at radius 2 is 2.11 bits per heavy atom. The van der Waals surface area contributed by atoms with Crippen LogP contribution in [0.3, 0.4) is 0 Å². The summed E-state index contributed by atoms with van der Waals surface area (Å²) in [5.74, 6) is 0.469. The lowest BCUT2D eigenvalue weighted by molar-refractivity contribution is 0.360. The van der Waals surface area contributed by atoms with Crippen molar-refractivity contribution in [3.63, 3.8) is 0 Å². The van der Waals surface area contributed by atoms with Crippen molar-refractivity contribution in [2.45, 2.75) is 45.7 Å². The number of hydrogen-bond acceptors (Lipinski definition) is 2. The van der Waals surface area contributed by atoms with E-state index in [1.807, 2.05) is 19.1 Å². The molecule has 1 aromatic carbocycles. The minimum Gasteiger partial charge on any atom is -0.366 e. The summed E-state index contributed by atoms with van der Waals surface area (Å²) in [5, 5.41) is 0. The summed E-state index contributed by atoms with van der Waals surface area (Å²) in [6.45, 7) is 7.24. The Morgan fingerprint density at radius 3 is 2.72 bits per heavy atom. The van der Waals surface area contributed by atoms with E-state index in [0.717, 1.165) is 24.2 Å². The fourth-order valence-electron chi connectivity index (χ4n) is 2.71. The zero-order valence-corrected chi connectivity index (χ0v) is 11.5. The van der Waals surface area contributed by atoms with Crippen LogP contribution in [0.1, 0.15) is 45.2 Å². The third-order valence-electron chi connectivity index (χ3n) is 4.18. The van der Waals surface area contributed by atoms with Crippen LogP contribution in [-0.4, -0.2) is 12.6 Å². The molecule has 0 saturated carbocycles. The Bertz CT molecular complexity index is 417. The molecule has 0 spiro atoms. The maximum Gasteiger partial charge on any atom is 0.146 e. The van der Waals surface area contributed by atoms with E-state index in [2.05, 4.69) is 18.7 Å². The molecule has 2 unspecified atom stereocenters. The standard InChI is InChI=1S/C15H23FN2/c1-10-5-4-8-18(12(10)3)15-7-6-13(11(2)17)9-14(15)16/h6-7,9-12H,4-5,8,17H2,1-3H3/t10?,11-,12?/m0/s1. The van der Waals surface area contributed by atoms with E-state index in [4.69, 9.17) is 5.73 Å². The minimum absolute atomic E-state index is 0.119. The first-order chi connectivity index (χ1) is 8.50. The van der Waals surface area contributed by atoms with Crippen molar-refractivity contribution in [2.24, 2.45) is 11.7 Å². The molecule has 1 heterocycles. The molecule has 3 heteroatoms. The summed E-state index contributed by atoms with van der Waals surface area (Å²) < 4.78 is 14.2. The van der Waals surface area contributed by atoms with Gasteiger partial charge >= 0.3 is 0 Å². The molecule has 0 aromatic heterocycles. The normalized spacial score (nSPS) is 26.2. The van der Waals surface area contributed by atoms with Crippen molar-refractivity contribution in [3.8, 4) is 0 Å². The van der Waals surface area contributed by atoms with E-state index < -0.39 is 0 Å². The van der Waals surface area contributed by atoms with Crippen LogP contribution in [0.4, 0.5) is 10.1 Å². The average molecular weight is 250 g/mol. The molecule has 2 N–H and O–H groups in total. The molecular weight excluding hydrogens is 227 g/mol. The summed E-state index contributed by atoms with van der Waals surface area (Å²) in [5.41, 5.74) is 7.36. The van der Waals surface area contributed by atoms with Crippen molar-refractivity contribution < 1.29 is 4.39 Å². The van der Waals surface area contributed by atoms with Gasteiger partial charge in [-0.3, -0.25) is 0 Å². The third-order valence-corrected chi connectivity index (χ3v) is 4.18. The van der Waals surface area contributed by atoms with Crippen molar-refractivity contribution in [1.82, 2.24) is 0 Å². The van der Waals surface area contributed by atoms with E-state index in [0.29, 0.717) is 12.0 Å². The Morgan fingerprint density at radius 1 is 1.39 bits per heavy atom. The number of nitrogens with two attached hydrogens (primary N) is 1. The summed E-state index contributed by atoms with van der Waals surface area (Å²) in [7, 11) is 0. The number of benzene rings is 1. The van der Waals surface area contributed by atoms with Gasteiger partial charge in [-0.1, -0.05) is 13.0 Å². The molecule has 1 saturated heterocycles. The first-order valence-corrected chi connectivity index (χ1v) is 6.82. The molecule has 18 heavy (non-hydrogen) atoms. The van der Waals surface area contributed by atoms with Crippen LogP contribution in [0.2, 0.25) is 0 Å². The molecular formula is C15H23FN2. The number of rotatable bonds is 2. The lowest BCUT2D eigenvalue weighted by atomic mass is 9.91. The fraction of sp³-hybridized carbons (Fsp3) is 0.600. The van der Waals surface area contributed by atoms with Crippen LogP contribution in [0.25, 0.3) is 0 Å². The predicted molar refractivity (Wildman–Crippen MR) is 74.2 cm³/mol. The highest BCUT2D eigenvalue weighted by atomic mass is 19.1. The van der Waals surface area contributed by atoms with Crippen molar-refractivity contribution in [2.75, 3.05) is 11.4 Å². The van der Waals surface area contributed by atoms with E-state index in [1.54, 1.807) is 6.07 Å². The van der Waals surface area contributed by atoms with E-state index in [9.17, 15) is 4.39 Å². The Hall–Kier alpha value is -1.09. The average Bonchev–Trinajstić information content (AvgIpc) is 2.33. The summed E-state index contributed by atoms with van der Waals surface area (Å²) in [4.78, 5) is 2.19. The molecule has 0 aliphatic carbocycles. The minimum atomic E-state index is -0.147. The largest absolute Gasteiger partial charge is 0.366 e. The van der Waals surface area contributed by atoms with Gasteiger partial charge < -0.3 is 10.6 Å². The summed E-state index contributed by atoms with van der Waals surface area (Å²) in [6.07, 6.45) is 2.37. The molecule has 1 aliphatic rings. The second-order valence-electron chi connectivity index (χ2n) is 5.55. The van der Waals surface area contributed by atoms with Crippen LogP contribution in [0.5, 0.6) is 0 Å². The first kappa shape index (κ1) is 13.3. The molecule has 0 bridgehead atoms. The second kappa shape index (κ2) is 5.27. The van der Waals surface area contributed by atoms with E-state index in [1.165, 1.54) is 6.42 Å². The predicted octanol–water partition coefficient (Wildman–Crippen LogP) is 3.47. The third kappa shape index (κ3) is 2.51. The van der Waals surface area contributed by atoms with Gasteiger partial charge in [0.2, 0.25) is 0 Å². The van der Waals surface area contributed by atoms with Gasteiger partial charge in [0.05, 0.1) is 5.69 Å². The molecule has 2 rings (SSSR count). The highest BCUT2D eigenvalue weighted by Crippen LogP contribution is 2.31. The zero-order chi connectivity index (χ0) is 13.3. The lowest BCUT2D eigenvalue weighted by Crippen LogP contribution is -2.42. The monoisotopic (exact) mass is 250 g/mol. The number of hydrogen-bond donors (Lipinski definition) is 1. The van der Waals surface area contributed by atoms with Crippen LogP contribution >= 0.6 is 0 Å². The molecule has 3 atom stereocenters. The molecule has 0 amide bonds. The number of piperidine rings is 1. The topological polar surface area (TPSA) is 29.3 Å². The highest BCUT2D eigenvalue weighted by molar-refractivity contribution is 5.51. The first-order valence-electron chi connectivity index (χ1n) is 6.82. The zero-order valence-electron chi connectivity index (χ0n) is 11.5. The Kier molecular flexibility index (Phi) is 3.91. The van der Waals surface area contributed by atoms with E-state index >= 15 is 0 Å². The highest BCUT2D eigenvalue weighted by Gasteiger charge is 2.26. The maximum atomic E-state index is 14.2. The SMILES string of the molecule is CC1CCCN(c2ccc([C@H](C)N)cc2F)C1C. The van der Waals surface area contributed by atoms with Gasteiger partial charge in [0.1, 0.15) is 5.82 Å². The van der Waals surface area contributed by atoms with Crippen LogP contribution in [0, 0.1) is 11.7 Å². The molecule has 1 aromatic rings. The van der Waals surface area contributed by atoms with Crippen molar-refractivity contribution in [3.05, 3.63) is 29.6 Å². The Balaban J connectivity index is 2.27. The lowest BCUT2D eigenvalue weighted by Gasteiger charge is -2.39. The maximum absolute atomic E-state index is 14.2. The summed E-state index contributed by atoms with van der Waals surface area (Å²) in [6, 6.07) is 5.67. The molecule has 1 fully saturated rings. The molecule has 100 valence electrons. The van der Waals surface area contributed by atoms with Gasteiger partial charge in [-0.15, -0.1) is 0 Å². The number of anilines is 1. The van der Waals surface area contributed by atoms with Crippen LogP contribution in [-0.2, 0) is 0 Å².